The Hall–Kier alpha value is -1.38. The molecule has 0 aromatic carbocycles. The summed E-state index contributed by atoms with van der Waals surface area (Å²) in [6.45, 7) is 1.95. The maximum Gasteiger partial charge on any atom is 0.0893 e. The minimum absolute atomic E-state index is 0.212. The van der Waals surface area contributed by atoms with Gasteiger partial charge in [0.1, 0.15) is 0 Å². The molecule has 0 saturated heterocycles. The lowest BCUT2D eigenvalue weighted by molar-refractivity contribution is 0.745. The molecule has 0 unspecified atom stereocenters. The van der Waals surface area contributed by atoms with Crippen molar-refractivity contribution in [2.75, 3.05) is 0 Å². The van der Waals surface area contributed by atoms with E-state index in [4.69, 9.17) is 5.41 Å². The second-order valence-electron chi connectivity index (χ2n) is 2.72. The summed E-state index contributed by atoms with van der Waals surface area (Å²) < 4.78 is 0. The summed E-state index contributed by atoms with van der Waals surface area (Å²) in [4.78, 5) is 0. The van der Waals surface area contributed by atoms with Gasteiger partial charge in [0.15, 0.2) is 0 Å². The monoisotopic (exact) mass is 147 g/mol. The molecule has 1 aliphatic heterocycles. The molecule has 0 radical (unpaired) electrons. The number of hydrazone groups is 1. The van der Waals surface area contributed by atoms with Crippen molar-refractivity contribution < 1.29 is 0 Å². The second kappa shape index (κ2) is 2.05. The minimum atomic E-state index is 0.212. The summed E-state index contributed by atoms with van der Waals surface area (Å²) in [6, 6.07) is 0.212. The highest BCUT2D eigenvalue weighted by Crippen LogP contribution is 2.16. The van der Waals surface area contributed by atoms with Crippen LogP contribution in [0.3, 0.4) is 0 Å². The van der Waals surface area contributed by atoms with E-state index in [-0.39, 0.29) is 6.04 Å². The quantitative estimate of drug-likeness (QED) is 0.524. The summed E-state index contributed by atoms with van der Waals surface area (Å²) in [5, 5.41) is 11.4. The van der Waals surface area contributed by atoms with Crippen molar-refractivity contribution in [3.63, 3.8) is 0 Å². The zero-order chi connectivity index (χ0) is 7.84. The maximum atomic E-state index is 7.38. The molecule has 1 atom stereocenters. The highest BCUT2D eigenvalue weighted by molar-refractivity contribution is 6.12. The van der Waals surface area contributed by atoms with Gasteiger partial charge in [0.25, 0.3) is 0 Å². The number of allylic oxidation sites excluding steroid dienone is 2. The van der Waals surface area contributed by atoms with Crippen molar-refractivity contribution >= 4 is 11.4 Å². The summed E-state index contributed by atoms with van der Waals surface area (Å²) in [5.74, 6) is 0. The Morgan fingerprint density at radius 3 is 3.27 bits per heavy atom. The average molecular weight is 147 g/mol. The zero-order valence-corrected chi connectivity index (χ0v) is 6.26. The molecule has 0 fully saturated rings. The van der Waals surface area contributed by atoms with Gasteiger partial charge in [-0.2, -0.15) is 5.10 Å². The molecule has 11 heavy (non-hydrogen) atoms. The van der Waals surface area contributed by atoms with Crippen molar-refractivity contribution in [1.82, 2.24) is 5.43 Å². The lowest BCUT2D eigenvalue weighted by atomic mass is 9.98. The number of fused-ring (bicyclic) bond motifs is 1. The van der Waals surface area contributed by atoms with Crippen LogP contribution in [0.2, 0.25) is 0 Å². The zero-order valence-electron chi connectivity index (χ0n) is 6.26. The van der Waals surface area contributed by atoms with E-state index in [0.717, 1.165) is 11.3 Å². The van der Waals surface area contributed by atoms with Gasteiger partial charge in [-0.3, -0.25) is 5.43 Å². The third-order valence-corrected chi connectivity index (χ3v) is 1.90. The molecule has 3 nitrogen and oxygen atoms in total. The van der Waals surface area contributed by atoms with Crippen LogP contribution in [0, 0.1) is 5.41 Å². The fourth-order valence-electron chi connectivity index (χ4n) is 1.28. The Labute approximate surface area is 65.0 Å². The van der Waals surface area contributed by atoms with Gasteiger partial charge in [0.2, 0.25) is 0 Å². The van der Waals surface area contributed by atoms with Gasteiger partial charge in [-0.1, -0.05) is 6.08 Å². The van der Waals surface area contributed by atoms with Gasteiger partial charge >= 0.3 is 0 Å². The molecule has 0 bridgehead atoms. The Bertz CT molecular complexity index is 296. The Balaban J connectivity index is 2.39. The molecule has 0 amide bonds. The number of nitrogens with zero attached hydrogens (tertiary/aromatic N) is 1. The Kier molecular flexibility index (Phi) is 1.18. The predicted octanol–water partition coefficient (Wildman–Crippen LogP) is 0.850. The first-order valence-electron chi connectivity index (χ1n) is 3.56. The van der Waals surface area contributed by atoms with Gasteiger partial charge < -0.3 is 5.41 Å². The molecule has 0 aromatic heterocycles. The molecule has 2 N–H and O–H groups in total. The van der Waals surface area contributed by atoms with Crippen LogP contribution in [0.1, 0.15) is 6.92 Å². The van der Waals surface area contributed by atoms with Gasteiger partial charge in [0, 0.05) is 5.57 Å². The van der Waals surface area contributed by atoms with Crippen LogP contribution in [0.5, 0.6) is 0 Å². The molecule has 0 aromatic rings. The fourth-order valence-corrected chi connectivity index (χ4v) is 1.28. The molecule has 3 heteroatoms. The highest BCUT2D eigenvalue weighted by atomic mass is 15.3. The van der Waals surface area contributed by atoms with Gasteiger partial charge in [-0.15, -0.1) is 0 Å². The topological polar surface area (TPSA) is 48.2 Å². The maximum absolute atomic E-state index is 7.38. The van der Waals surface area contributed by atoms with Gasteiger partial charge in [0.05, 0.1) is 17.5 Å². The third-order valence-electron chi connectivity index (χ3n) is 1.90. The predicted molar refractivity (Wildman–Crippen MR) is 45.0 cm³/mol. The molecular weight excluding hydrogens is 138 g/mol. The van der Waals surface area contributed by atoms with E-state index in [1.54, 1.807) is 6.08 Å². The molecule has 56 valence electrons. The fraction of sp³-hybridized carbons (Fsp3) is 0.250. The normalized spacial score (nSPS) is 27.4. The Morgan fingerprint density at radius 1 is 1.64 bits per heavy atom. The smallest absolute Gasteiger partial charge is 0.0893 e. The standard InChI is InChI=1S/C8H9N3/c1-5-7-4-6(9)2-3-8(7)11-10-5/h2-4,8-9,11H,1H3/t8-/m0/s1. The summed E-state index contributed by atoms with van der Waals surface area (Å²) >= 11 is 0. The highest BCUT2D eigenvalue weighted by Gasteiger charge is 2.21. The number of rotatable bonds is 0. The molecular formula is C8H9N3. The van der Waals surface area contributed by atoms with Crippen LogP contribution in [0.4, 0.5) is 0 Å². The van der Waals surface area contributed by atoms with Gasteiger partial charge in [-0.05, 0) is 19.1 Å². The number of nitrogens with one attached hydrogen (secondary N) is 2. The van der Waals surface area contributed by atoms with Crippen molar-refractivity contribution in [1.29, 1.82) is 5.41 Å². The first-order chi connectivity index (χ1) is 5.27. The number of hydrogen-bond acceptors (Lipinski definition) is 3. The van der Waals surface area contributed by atoms with Crippen molar-refractivity contribution in [3.8, 4) is 0 Å². The van der Waals surface area contributed by atoms with E-state index in [1.807, 2.05) is 19.1 Å². The van der Waals surface area contributed by atoms with Crippen LogP contribution in [-0.2, 0) is 0 Å². The summed E-state index contributed by atoms with van der Waals surface area (Å²) in [5.41, 5.74) is 5.63. The van der Waals surface area contributed by atoms with Crippen molar-refractivity contribution in [2.24, 2.45) is 5.10 Å². The van der Waals surface area contributed by atoms with E-state index in [0.29, 0.717) is 5.71 Å². The van der Waals surface area contributed by atoms with Crippen LogP contribution in [-0.4, -0.2) is 17.5 Å². The second-order valence-corrected chi connectivity index (χ2v) is 2.72. The van der Waals surface area contributed by atoms with E-state index >= 15 is 0 Å². The van der Waals surface area contributed by atoms with Crippen molar-refractivity contribution in [3.05, 3.63) is 23.8 Å². The summed E-state index contributed by atoms with van der Waals surface area (Å²) in [6.07, 6.45) is 5.59. The SMILES string of the molecule is CC1=NN[C@H]2C=CC(=N)C=C12. The van der Waals surface area contributed by atoms with Crippen LogP contribution in [0.25, 0.3) is 0 Å². The third kappa shape index (κ3) is 0.888. The lowest BCUT2D eigenvalue weighted by Gasteiger charge is -2.10. The molecule has 0 saturated carbocycles. The van der Waals surface area contributed by atoms with Crippen LogP contribution < -0.4 is 5.43 Å². The average Bonchev–Trinajstić information content (AvgIpc) is 2.33. The van der Waals surface area contributed by atoms with Gasteiger partial charge in [-0.25, -0.2) is 0 Å². The minimum Gasteiger partial charge on any atom is -0.301 e. The number of hydrogen-bond donors (Lipinski definition) is 2. The van der Waals surface area contributed by atoms with Crippen LogP contribution in [0.15, 0.2) is 28.9 Å². The molecule has 2 aliphatic rings. The molecule has 1 heterocycles. The largest absolute Gasteiger partial charge is 0.301 e. The molecule has 1 aliphatic carbocycles. The van der Waals surface area contributed by atoms with E-state index in [2.05, 4.69) is 10.5 Å². The lowest BCUT2D eigenvalue weighted by Crippen LogP contribution is -2.22. The Morgan fingerprint density at radius 2 is 2.45 bits per heavy atom. The first-order valence-corrected chi connectivity index (χ1v) is 3.56. The van der Waals surface area contributed by atoms with E-state index in [9.17, 15) is 0 Å². The van der Waals surface area contributed by atoms with Crippen LogP contribution >= 0.6 is 0 Å². The summed E-state index contributed by atoms with van der Waals surface area (Å²) in [7, 11) is 0. The first kappa shape index (κ1) is 6.34. The molecule has 0 spiro atoms. The van der Waals surface area contributed by atoms with E-state index < -0.39 is 0 Å². The molecule has 2 rings (SSSR count). The van der Waals surface area contributed by atoms with E-state index in [1.165, 1.54) is 0 Å². The van der Waals surface area contributed by atoms with Crippen molar-refractivity contribution in [2.45, 2.75) is 13.0 Å².